The summed E-state index contributed by atoms with van der Waals surface area (Å²) in [5.41, 5.74) is 2.47. The lowest BCUT2D eigenvalue weighted by Gasteiger charge is -2.07. The number of nitrogen functional groups attached to an aromatic ring is 1. The molecule has 17 heavy (non-hydrogen) atoms. The number of benzene rings is 1. The Labute approximate surface area is 112 Å². The molecule has 0 aliphatic carbocycles. The number of hydrogen-bond donors (Lipinski definition) is 2. The molecular formula is C10H9Cl2N3OS. The molecule has 0 spiro atoms. The second-order valence-electron chi connectivity index (χ2n) is 3.12. The normalized spacial score (nSPS) is 10.3. The summed E-state index contributed by atoms with van der Waals surface area (Å²) in [5, 5.41) is 1.60. The van der Waals surface area contributed by atoms with Gasteiger partial charge < -0.3 is 4.74 Å². The molecule has 2 rings (SSSR count). The molecular weight excluding hydrogens is 281 g/mol. The third-order valence-electron chi connectivity index (χ3n) is 1.95. The lowest BCUT2D eigenvalue weighted by atomic mass is 10.3. The lowest BCUT2D eigenvalue weighted by Crippen LogP contribution is -2.05. The maximum absolute atomic E-state index is 5.97. The van der Waals surface area contributed by atoms with E-state index < -0.39 is 0 Å². The zero-order valence-electron chi connectivity index (χ0n) is 8.61. The molecule has 2 aromatic rings. The van der Waals surface area contributed by atoms with Crippen LogP contribution in [0.15, 0.2) is 24.4 Å². The maximum Gasteiger partial charge on any atom is 0.197 e. The molecule has 4 nitrogen and oxygen atoms in total. The van der Waals surface area contributed by atoms with Gasteiger partial charge in [-0.05, 0) is 12.1 Å². The van der Waals surface area contributed by atoms with Crippen LogP contribution in [-0.4, -0.2) is 4.98 Å². The highest BCUT2D eigenvalue weighted by molar-refractivity contribution is 7.15. The van der Waals surface area contributed by atoms with E-state index in [1.165, 1.54) is 11.3 Å². The van der Waals surface area contributed by atoms with E-state index in [0.717, 1.165) is 4.88 Å². The van der Waals surface area contributed by atoms with E-state index in [1.54, 1.807) is 24.4 Å². The first-order valence-corrected chi connectivity index (χ1v) is 6.26. The smallest absolute Gasteiger partial charge is 0.197 e. The van der Waals surface area contributed by atoms with Crippen LogP contribution in [0.3, 0.4) is 0 Å². The minimum absolute atomic E-state index is 0.350. The highest BCUT2D eigenvalue weighted by Crippen LogP contribution is 2.33. The Morgan fingerprint density at radius 1 is 1.35 bits per heavy atom. The molecule has 0 radical (unpaired) electrons. The second kappa shape index (κ2) is 5.55. The molecule has 0 amide bonds. The Kier molecular flexibility index (Phi) is 4.06. The van der Waals surface area contributed by atoms with Gasteiger partial charge in [-0.3, -0.25) is 5.43 Å². The predicted octanol–water partition coefficient (Wildman–Crippen LogP) is 3.31. The fourth-order valence-corrected chi connectivity index (χ4v) is 2.35. The Bertz CT molecular complexity index is 498. The molecule has 0 atom stereocenters. The fourth-order valence-electron chi connectivity index (χ4n) is 1.20. The average molecular weight is 290 g/mol. The number of rotatable bonds is 4. The van der Waals surface area contributed by atoms with Crippen molar-refractivity contribution < 1.29 is 4.74 Å². The van der Waals surface area contributed by atoms with Crippen LogP contribution in [0.5, 0.6) is 5.75 Å². The van der Waals surface area contributed by atoms with Gasteiger partial charge in [-0.1, -0.05) is 40.6 Å². The highest BCUT2D eigenvalue weighted by Gasteiger charge is 2.08. The predicted molar refractivity (Wildman–Crippen MR) is 70.7 cm³/mol. The van der Waals surface area contributed by atoms with Gasteiger partial charge in [0.15, 0.2) is 10.9 Å². The van der Waals surface area contributed by atoms with Crippen LogP contribution in [0.25, 0.3) is 0 Å². The highest BCUT2D eigenvalue weighted by atomic mass is 35.5. The first-order valence-electron chi connectivity index (χ1n) is 4.69. The summed E-state index contributed by atoms with van der Waals surface area (Å²) in [6.07, 6.45) is 1.69. The van der Waals surface area contributed by atoms with E-state index in [0.29, 0.717) is 27.5 Å². The van der Waals surface area contributed by atoms with E-state index in [1.807, 2.05) is 0 Å². The fraction of sp³-hybridized carbons (Fsp3) is 0.100. The number of aromatic nitrogens is 1. The minimum atomic E-state index is 0.350. The van der Waals surface area contributed by atoms with Crippen molar-refractivity contribution >= 4 is 39.7 Å². The van der Waals surface area contributed by atoms with Crippen molar-refractivity contribution in [2.45, 2.75) is 6.61 Å². The molecule has 0 saturated heterocycles. The van der Waals surface area contributed by atoms with Gasteiger partial charge >= 0.3 is 0 Å². The van der Waals surface area contributed by atoms with Gasteiger partial charge in [0.25, 0.3) is 0 Å². The van der Waals surface area contributed by atoms with Crippen molar-refractivity contribution in [2.24, 2.45) is 5.84 Å². The van der Waals surface area contributed by atoms with E-state index in [4.69, 9.17) is 33.8 Å². The van der Waals surface area contributed by atoms with Crippen molar-refractivity contribution in [1.29, 1.82) is 0 Å². The van der Waals surface area contributed by atoms with Crippen molar-refractivity contribution in [2.75, 3.05) is 5.43 Å². The quantitative estimate of drug-likeness (QED) is 0.670. The average Bonchev–Trinajstić information content (AvgIpc) is 2.76. The Morgan fingerprint density at radius 2 is 2.06 bits per heavy atom. The summed E-state index contributed by atoms with van der Waals surface area (Å²) in [4.78, 5) is 4.95. The van der Waals surface area contributed by atoms with Crippen LogP contribution in [0, 0.1) is 0 Å². The van der Waals surface area contributed by atoms with Gasteiger partial charge in [-0.25, -0.2) is 10.8 Å². The first-order chi connectivity index (χ1) is 8.20. The summed E-state index contributed by atoms with van der Waals surface area (Å²) in [6, 6.07) is 5.21. The number of halogens is 2. The third kappa shape index (κ3) is 3.01. The molecule has 1 heterocycles. The lowest BCUT2D eigenvalue weighted by molar-refractivity contribution is 0.310. The van der Waals surface area contributed by atoms with Crippen LogP contribution in [0.2, 0.25) is 10.0 Å². The van der Waals surface area contributed by atoms with E-state index in [-0.39, 0.29) is 0 Å². The summed E-state index contributed by atoms with van der Waals surface area (Å²) in [7, 11) is 0. The maximum atomic E-state index is 5.97. The topological polar surface area (TPSA) is 60.2 Å². The summed E-state index contributed by atoms with van der Waals surface area (Å²) >= 11 is 13.4. The van der Waals surface area contributed by atoms with Gasteiger partial charge in [0.05, 0.1) is 14.9 Å². The number of ether oxygens (including phenoxy) is 1. The standard InChI is InChI=1S/C10H9Cl2N3OS/c11-7-2-1-3-8(12)9(7)16-5-6-4-14-10(15-13)17-6/h1-4H,5,13H2,(H,14,15). The molecule has 0 aliphatic rings. The second-order valence-corrected chi connectivity index (χ2v) is 5.05. The Morgan fingerprint density at radius 3 is 2.65 bits per heavy atom. The number of hydrogen-bond acceptors (Lipinski definition) is 5. The van der Waals surface area contributed by atoms with Gasteiger partial charge in [-0.15, -0.1) is 0 Å². The van der Waals surface area contributed by atoms with Gasteiger partial charge in [0.1, 0.15) is 6.61 Å². The molecule has 90 valence electrons. The monoisotopic (exact) mass is 289 g/mol. The third-order valence-corrected chi connectivity index (χ3v) is 3.45. The number of para-hydroxylation sites is 1. The molecule has 0 unspecified atom stereocenters. The van der Waals surface area contributed by atoms with Crippen LogP contribution >= 0.6 is 34.5 Å². The van der Waals surface area contributed by atoms with Crippen LogP contribution in [-0.2, 0) is 6.61 Å². The zero-order chi connectivity index (χ0) is 12.3. The molecule has 0 fully saturated rings. The Balaban J connectivity index is 2.07. The van der Waals surface area contributed by atoms with Crippen molar-refractivity contribution in [3.63, 3.8) is 0 Å². The number of anilines is 1. The molecule has 1 aromatic heterocycles. The molecule has 0 saturated carbocycles. The molecule has 0 aliphatic heterocycles. The zero-order valence-corrected chi connectivity index (χ0v) is 10.9. The SMILES string of the molecule is NNc1ncc(COc2c(Cl)cccc2Cl)s1. The van der Waals surface area contributed by atoms with E-state index >= 15 is 0 Å². The van der Waals surface area contributed by atoms with E-state index in [2.05, 4.69) is 10.4 Å². The van der Waals surface area contributed by atoms with Crippen LogP contribution < -0.4 is 16.0 Å². The largest absolute Gasteiger partial charge is 0.485 e. The molecule has 7 heteroatoms. The van der Waals surface area contributed by atoms with Crippen LogP contribution in [0.1, 0.15) is 4.88 Å². The van der Waals surface area contributed by atoms with E-state index in [9.17, 15) is 0 Å². The van der Waals surface area contributed by atoms with Gasteiger partial charge in [0.2, 0.25) is 0 Å². The van der Waals surface area contributed by atoms with Crippen LogP contribution in [0.4, 0.5) is 5.13 Å². The molecule has 1 aromatic carbocycles. The van der Waals surface area contributed by atoms with Crippen molar-refractivity contribution in [3.8, 4) is 5.75 Å². The van der Waals surface area contributed by atoms with Crippen molar-refractivity contribution in [1.82, 2.24) is 4.98 Å². The number of nitrogens with two attached hydrogens (primary N) is 1. The Hall–Kier alpha value is -1.01. The minimum Gasteiger partial charge on any atom is -0.485 e. The summed E-state index contributed by atoms with van der Waals surface area (Å²) in [5.74, 6) is 5.71. The van der Waals surface area contributed by atoms with Gasteiger partial charge in [0, 0.05) is 6.20 Å². The van der Waals surface area contributed by atoms with Gasteiger partial charge in [-0.2, -0.15) is 0 Å². The summed E-state index contributed by atoms with van der Waals surface area (Å²) in [6.45, 7) is 0.350. The molecule has 0 bridgehead atoms. The number of hydrazine groups is 1. The number of nitrogens with one attached hydrogen (secondary N) is 1. The number of nitrogens with zero attached hydrogens (tertiary/aromatic N) is 1. The first kappa shape index (κ1) is 12.4. The molecule has 3 N–H and O–H groups in total. The van der Waals surface area contributed by atoms with Crippen molar-refractivity contribution in [3.05, 3.63) is 39.3 Å². The summed E-state index contributed by atoms with van der Waals surface area (Å²) < 4.78 is 5.55. The number of thiazole rings is 1.